The van der Waals surface area contributed by atoms with Crippen LogP contribution >= 0.6 is 11.3 Å². The van der Waals surface area contributed by atoms with Crippen LogP contribution in [0.2, 0.25) is 0 Å². The van der Waals surface area contributed by atoms with E-state index in [0.717, 1.165) is 17.7 Å². The molecule has 0 aliphatic carbocycles. The van der Waals surface area contributed by atoms with Gasteiger partial charge in [-0.2, -0.15) is 0 Å². The molecule has 7 heteroatoms. The van der Waals surface area contributed by atoms with Crippen LogP contribution < -0.4 is 4.74 Å². The Morgan fingerprint density at radius 2 is 2.20 bits per heavy atom. The molecule has 2 saturated heterocycles. The molecule has 0 bridgehead atoms. The third kappa shape index (κ3) is 3.72. The molecule has 0 radical (unpaired) electrons. The fourth-order valence-corrected chi connectivity index (χ4v) is 3.87. The first kappa shape index (κ1) is 16.2. The van der Waals surface area contributed by atoms with Crippen LogP contribution in [0.1, 0.15) is 17.7 Å². The Labute approximate surface area is 150 Å². The summed E-state index contributed by atoms with van der Waals surface area (Å²) in [5.41, 5.74) is -0.288. The summed E-state index contributed by atoms with van der Waals surface area (Å²) in [6, 6.07) is 6.12. The summed E-state index contributed by atoms with van der Waals surface area (Å²) in [6.45, 7) is 1.84. The minimum Gasteiger partial charge on any atom is -0.460 e. The van der Waals surface area contributed by atoms with E-state index in [2.05, 4.69) is 9.97 Å². The topological polar surface area (TPSA) is 64.6 Å². The Hall–Kier alpha value is -2.25. The quantitative estimate of drug-likeness (QED) is 0.786. The third-order valence-corrected chi connectivity index (χ3v) is 5.30. The van der Waals surface area contributed by atoms with Gasteiger partial charge in [0.2, 0.25) is 5.91 Å². The Morgan fingerprint density at radius 3 is 2.96 bits per heavy atom. The standard InChI is InChI=1S/C18H19N3O3S/c22-16(5-4-15-3-1-10-25-15)21-12-18(13-21)11-14(6-9-23-18)24-17-19-7-2-8-20-17/h1-5,7-8,10,14H,6,9,11-13H2/b5-4+/t14-/m0/s1. The lowest BCUT2D eigenvalue weighted by molar-refractivity contribution is -0.190. The van der Waals surface area contributed by atoms with E-state index in [9.17, 15) is 4.79 Å². The minimum atomic E-state index is -0.288. The summed E-state index contributed by atoms with van der Waals surface area (Å²) in [5, 5.41) is 2.00. The zero-order valence-electron chi connectivity index (χ0n) is 13.7. The maximum atomic E-state index is 12.3. The van der Waals surface area contributed by atoms with Crippen LogP contribution in [-0.4, -0.2) is 52.2 Å². The molecule has 4 rings (SSSR count). The van der Waals surface area contributed by atoms with Crippen LogP contribution in [0.3, 0.4) is 0 Å². The van der Waals surface area contributed by atoms with Gasteiger partial charge in [0.25, 0.3) is 0 Å². The summed E-state index contributed by atoms with van der Waals surface area (Å²) in [6.07, 6.45) is 8.42. The zero-order valence-corrected chi connectivity index (χ0v) is 14.5. The van der Waals surface area contributed by atoms with Crippen molar-refractivity contribution < 1.29 is 14.3 Å². The fourth-order valence-electron chi connectivity index (χ4n) is 3.25. The lowest BCUT2D eigenvalue weighted by Crippen LogP contribution is -2.67. The monoisotopic (exact) mass is 357 g/mol. The molecule has 2 fully saturated rings. The molecule has 2 aliphatic heterocycles. The van der Waals surface area contributed by atoms with E-state index in [-0.39, 0.29) is 17.6 Å². The van der Waals surface area contributed by atoms with Gasteiger partial charge in [-0.15, -0.1) is 11.3 Å². The summed E-state index contributed by atoms with van der Waals surface area (Å²) < 4.78 is 11.8. The number of likely N-dealkylation sites (tertiary alicyclic amines) is 1. The van der Waals surface area contributed by atoms with Crippen molar-refractivity contribution in [1.82, 2.24) is 14.9 Å². The van der Waals surface area contributed by atoms with Crippen molar-refractivity contribution in [2.75, 3.05) is 19.7 Å². The second-order valence-corrected chi connectivity index (χ2v) is 7.32. The average Bonchev–Trinajstić information content (AvgIpc) is 3.12. The summed E-state index contributed by atoms with van der Waals surface area (Å²) in [5.74, 6) is 0.0251. The van der Waals surface area contributed by atoms with E-state index in [1.807, 2.05) is 28.5 Å². The highest BCUT2D eigenvalue weighted by molar-refractivity contribution is 7.10. The van der Waals surface area contributed by atoms with Gasteiger partial charge in [-0.05, 0) is 23.6 Å². The van der Waals surface area contributed by atoms with E-state index in [4.69, 9.17) is 9.47 Å². The van der Waals surface area contributed by atoms with Crippen molar-refractivity contribution in [3.05, 3.63) is 46.9 Å². The molecule has 2 aromatic heterocycles. The summed E-state index contributed by atoms with van der Waals surface area (Å²) in [7, 11) is 0. The highest BCUT2D eigenvalue weighted by Crippen LogP contribution is 2.35. The highest BCUT2D eigenvalue weighted by atomic mass is 32.1. The van der Waals surface area contributed by atoms with Gasteiger partial charge in [-0.3, -0.25) is 4.79 Å². The number of rotatable bonds is 4. The lowest BCUT2D eigenvalue weighted by Gasteiger charge is -2.52. The molecule has 2 aromatic rings. The van der Waals surface area contributed by atoms with Gasteiger partial charge >= 0.3 is 6.01 Å². The lowest BCUT2D eigenvalue weighted by atomic mass is 9.84. The predicted molar refractivity (Wildman–Crippen MR) is 94.3 cm³/mol. The molecule has 4 heterocycles. The van der Waals surface area contributed by atoms with E-state index >= 15 is 0 Å². The molecule has 0 aromatic carbocycles. The fraction of sp³-hybridized carbons (Fsp3) is 0.389. The Bertz CT molecular complexity index is 742. The van der Waals surface area contributed by atoms with Gasteiger partial charge in [-0.1, -0.05) is 6.07 Å². The minimum absolute atomic E-state index is 0.0232. The smallest absolute Gasteiger partial charge is 0.316 e. The molecule has 0 saturated carbocycles. The van der Waals surface area contributed by atoms with Gasteiger partial charge in [0.05, 0.1) is 19.7 Å². The molecule has 25 heavy (non-hydrogen) atoms. The maximum Gasteiger partial charge on any atom is 0.316 e. The van der Waals surface area contributed by atoms with Crippen LogP contribution in [0.5, 0.6) is 6.01 Å². The number of nitrogens with zero attached hydrogens (tertiary/aromatic N) is 3. The van der Waals surface area contributed by atoms with E-state index in [1.165, 1.54) is 0 Å². The zero-order chi connectivity index (χ0) is 17.1. The van der Waals surface area contributed by atoms with E-state index in [1.54, 1.807) is 35.9 Å². The SMILES string of the molecule is O=C(/C=C/c1cccs1)N1CC2(C[C@@H](Oc3ncccn3)CCO2)C1. The first-order valence-corrected chi connectivity index (χ1v) is 9.19. The van der Waals surface area contributed by atoms with E-state index in [0.29, 0.717) is 25.7 Å². The number of hydrogen-bond acceptors (Lipinski definition) is 6. The van der Waals surface area contributed by atoms with Crippen molar-refractivity contribution in [2.45, 2.75) is 24.5 Å². The number of thiophene rings is 1. The maximum absolute atomic E-state index is 12.3. The van der Waals surface area contributed by atoms with Crippen molar-refractivity contribution in [3.8, 4) is 6.01 Å². The van der Waals surface area contributed by atoms with Gasteiger partial charge < -0.3 is 14.4 Å². The van der Waals surface area contributed by atoms with Crippen molar-refractivity contribution in [2.24, 2.45) is 0 Å². The Balaban J connectivity index is 1.31. The Kier molecular flexibility index (Phi) is 4.50. The summed E-state index contributed by atoms with van der Waals surface area (Å²) >= 11 is 1.61. The first-order valence-electron chi connectivity index (χ1n) is 8.31. The normalized spacial score (nSPS) is 22.1. The first-order chi connectivity index (χ1) is 12.2. The molecule has 1 spiro atoms. The molecule has 0 unspecified atom stereocenters. The summed E-state index contributed by atoms with van der Waals surface area (Å²) in [4.78, 5) is 23.4. The van der Waals surface area contributed by atoms with Gasteiger partial charge in [0, 0.05) is 36.2 Å². The van der Waals surface area contributed by atoms with E-state index < -0.39 is 0 Å². The van der Waals surface area contributed by atoms with Crippen molar-refractivity contribution in [1.29, 1.82) is 0 Å². The van der Waals surface area contributed by atoms with Crippen LogP contribution in [0.25, 0.3) is 6.08 Å². The Morgan fingerprint density at radius 1 is 1.36 bits per heavy atom. The molecular weight excluding hydrogens is 338 g/mol. The molecular formula is C18H19N3O3S. The number of ether oxygens (including phenoxy) is 2. The van der Waals surface area contributed by atoms with Gasteiger partial charge in [0.1, 0.15) is 11.7 Å². The second-order valence-electron chi connectivity index (χ2n) is 6.34. The number of aromatic nitrogens is 2. The van der Waals surface area contributed by atoms with Crippen LogP contribution in [0, 0.1) is 0 Å². The molecule has 2 aliphatic rings. The third-order valence-electron chi connectivity index (χ3n) is 4.46. The second kappa shape index (κ2) is 6.93. The predicted octanol–water partition coefficient (Wildman–Crippen LogP) is 2.39. The van der Waals surface area contributed by atoms with Crippen molar-refractivity contribution in [3.63, 3.8) is 0 Å². The van der Waals surface area contributed by atoms with Gasteiger partial charge in [-0.25, -0.2) is 9.97 Å². The molecule has 1 atom stereocenters. The average molecular weight is 357 g/mol. The number of carbonyl (C=O) groups excluding carboxylic acids is 1. The van der Waals surface area contributed by atoms with Gasteiger partial charge in [0.15, 0.2) is 0 Å². The molecule has 130 valence electrons. The van der Waals surface area contributed by atoms with Crippen LogP contribution in [-0.2, 0) is 9.53 Å². The molecule has 6 nitrogen and oxygen atoms in total. The van der Waals surface area contributed by atoms with Crippen LogP contribution in [0.15, 0.2) is 42.0 Å². The highest BCUT2D eigenvalue weighted by Gasteiger charge is 2.49. The number of carbonyl (C=O) groups is 1. The van der Waals surface area contributed by atoms with Crippen molar-refractivity contribution >= 4 is 23.3 Å². The number of hydrogen-bond donors (Lipinski definition) is 0. The number of amides is 1. The molecule has 0 N–H and O–H groups in total. The van der Waals surface area contributed by atoms with Crippen LogP contribution in [0.4, 0.5) is 0 Å². The largest absolute Gasteiger partial charge is 0.460 e. The molecule has 1 amide bonds.